The van der Waals surface area contributed by atoms with E-state index in [0.29, 0.717) is 25.0 Å². The topological polar surface area (TPSA) is 71.9 Å². The molecule has 3 rings (SSSR count). The molecule has 0 atom stereocenters. The number of benzene rings is 1. The summed E-state index contributed by atoms with van der Waals surface area (Å²) < 4.78 is 6.77. The molecular formula is C16H23N4O3+. The lowest BCUT2D eigenvalue weighted by molar-refractivity contribution is -0.884. The number of hydrazine groups is 1. The molecule has 0 spiro atoms. The fourth-order valence-electron chi connectivity index (χ4n) is 2.86. The van der Waals surface area contributed by atoms with Gasteiger partial charge in [0.2, 0.25) is 5.91 Å². The van der Waals surface area contributed by atoms with Crippen molar-refractivity contribution in [2.75, 3.05) is 33.2 Å². The summed E-state index contributed by atoms with van der Waals surface area (Å²) >= 11 is 0. The molecule has 1 aromatic carbocycles. The van der Waals surface area contributed by atoms with Crippen molar-refractivity contribution in [2.24, 2.45) is 0 Å². The maximum Gasteiger partial charge on any atom is 0.419 e. The lowest BCUT2D eigenvalue weighted by Crippen LogP contribution is -3.12. The van der Waals surface area contributed by atoms with Crippen LogP contribution >= 0.6 is 0 Å². The molecule has 1 aliphatic rings. The van der Waals surface area contributed by atoms with E-state index in [9.17, 15) is 9.59 Å². The Morgan fingerprint density at radius 3 is 2.83 bits per heavy atom. The summed E-state index contributed by atoms with van der Waals surface area (Å²) in [6, 6.07) is 7.33. The number of amides is 1. The number of nitrogens with zero attached hydrogens (tertiary/aromatic N) is 2. The molecule has 7 nitrogen and oxygen atoms in total. The van der Waals surface area contributed by atoms with Crippen molar-refractivity contribution in [3.63, 3.8) is 0 Å². The van der Waals surface area contributed by atoms with Crippen LogP contribution in [0.15, 0.2) is 33.5 Å². The third-order valence-corrected chi connectivity index (χ3v) is 4.26. The number of para-hydroxylation sites is 2. The van der Waals surface area contributed by atoms with Crippen molar-refractivity contribution < 1.29 is 14.1 Å². The van der Waals surface area contributed by atoms with E-state index in [0.717, 1.165) is 31.7 Å². The highest BCUT2D eigenvalue weighted by molar-refractivity contribution is 5.75. The first-order chi connectivity index (χ1) is 11.1. The van der Waals surface area contributed by atoms with Crippen molar-refractivity contribution in [2.45, 2.75) is 19.4 Å². The molecule has 124 valence electrons. The zero-order valence-corrected chi connectivity index (χ0v) is 13.4. The van der Waals surface area contributed by atoms with Gasteiger partial charge in [-0.1, -0.05) is 12.1 Å². The molecule has 1 aromatic heterocycles. The van der Waals surface area contributed by atoms with Gasteiger partial charge in [-0.2, -0.15) is 0 Å². The van der Waals surface area contributed by atoms with Gasteiger partial charge in [0.1, 0.15) is 0 Å². The molecule has 23 heavy (non-hydrogen) atoms. The number of aryl methyl sites for hydroxylation is 1. The monoisotopic (exact) mass is 319 g/mol. The first-order valence-corrected chi connectivity index (χ1v) is 8.07. The normalized spacial score (nSPS) is 16.7. The van der Waals surface area contributed by atoms with Crippen molar-refractivity contribution >= 4 is 17.0 Å². The quantitative estimate of drug-likeness (QED) is 0.760. The van der Waals surface area contributed by atoms with Crippen molar-refractivity contribution in [3.8, 4) is 0 Å². The maximum atomic E-state index is 12.0. The minimum atomic E-state index is -0.367. The van der Waals surface area contributed by atoms with E-state index in [1.54, 1.807) is 10.6 Å². The van der Waals surface area contributed by atoms with E-state index < -0.39 is 0 Å². The molecule has 1 amide bonds. The molecule has 0 unspecified atom stereocenters. The van der Waals surface area contributed by atoms with Gasteiger partial charge in [0.15, 0.2) is 5.58 Å². The molecule has 7 heteroatoms. The van der Waals surface area contributed by atoms with Crippen LogP contribution in [0.1, 0.15) is 12.8 Å². The molecule has 2 heterocycles. The number of piperazine rings is 1. The van der Waals surface area contributed by atoms with Gasteiger partial charge in [-0.3, -0.25) is 14.8 Å². The van der Waals surface area contributed by atoms with E-state index in [1.165, 1.54) is 4.90 Å². The van der Waals surface area contributed by atoms with Crippen LogP contribution < -0.4 is 16.1 Å². The van der Waals surface area contributed by atoms with Crippen LogP contribution in [0.25, 0.3) is 11.1 Å². The van der Waals surface area contributed by atoms with Crippen LogP contribution in [0.4, 0.5) is 0 Å². The van der Waals surface area contributed by atoms with Crippen molar-refractivity contribution in [1.29, 1.82) is 0 Å². The highest BCUT2D eigenvalue weighted by Crippen LogP contribution is 2.12. The third-order valence-electron chi connectivity index (χ3n) is 4.26. The van der Waals surface area contributed by atoms with Crippen molar-refractivity contribution in [3.05, 3.63) is 34.8 Å². The fraction of sp³-hybridized carbons (Fsp3) is 0.500. The number of oxazole rings is 1. The standard InChI is InChI=1S/C16H22N4O3/c1-18-9-11-19(12-10-18)17-15(21)7-4-8-20-13-5-2-3-6-14(13)23-16(20)22/h2-3,5-6H,4,7-12H2,1H3,(H,17,21)/p+1. The first-order valence-electron chi connectivity index (χ1n) is 8.07. The van der Waals surface area contributed by atoms with Crippen LogP contribution in [0.5, 0.6) is 0 Å². The number of carbonyl (C=O) groups excluding carboxylic acids is 1. The van der Waals surface area contributed by atoms with Crippen LogP contribution in [-0.4, -0.2) is 48.7 Å². The molecule has 0 bridgehead atoms. The Morgan fingerprint density at radius 2 is 2.04 bits per heavy atom. The van der Waals surface area contributed by atoms with Crippen LogP contribution in [-0.2, 0) is 11.3 Å². The smallest absolute Gasteiger partial charge is 0.408 e. The molecule has 2 aromatic rings. The number of hydrogen-bond acceptors (Lipinski definition) is 4. The van der Waals surface area contributed by atoms with Gasteiger partial charge in [-0.15, -0.1) is 0 Å². The third kappa shape index (κ3) is 3.80. The zero-order valence-electron chi connectivity index (χ0n) is 13.4. The molecule has 1 aliphatic heterocycles. The number of fused-ring (bicyclic) bond motifs is 1. The van der Waals surface area contributed by atoms with E-state index >= 15 is 0 Å². The molecule has 1 saturated heterocycles. The van der Waals surface area contributed by atoms with Crippen molar-refractivity contribution in [1.82, 2.24) is 15.0 Å². The Hall–Kier alpha value is -2.12. The first kappa shape index (κ1) is 15.8. The number of carbonyl (C=O) groups is 1. The highest BCUT2D eigenvalue weighted by Gasteiger charge is 2.18. The number of hydrogen-bond donors (Lipinski definition) is 2. The second-order valence-electron chi connectivity index (χ2n) is 6.07. The SMILES string of the molecule is C[NH+]1CCN(NC(=O)CCCn2c(=O)oc3ccccc32)CC1. The second kappa shape index (κ2) is 6.97. The summed E-state index contributed by atoms with van der Waals surface area (Å²) in [6.07, 6.45) is 0.999. The molecular weight excluding hydrogens is 296 g/mol. The van der Waals surface area contributed by atoms with Gasteiger partial charge < -0.3 is 9.32 Å². The zero-order chi connectivity index (χ0) is 16.2. The highest BCUT2D eigenvalue weighted by atomic mass is 16.4. The maximum absolute atomic E-state index is 12.0. The lowest BCUT2D eigenvalue weighted by Gasteiger charge is -2.30. The minimum Gasteiger partial charge on any atom is -0.408 e. The van der Waals surface area contributed by atoms with Gasteiger partial charge >= 0.3 is 5.76 Å². The van der Waals surface area contributed by atoms with Gasteiger partial charge in [0.25, 0.3) is 0 Å². The average molecular weight is 319 g/mol. The number of quaternary nitrogens is 1. The van der Waals surface area contributed by atoms with E-state index in [4.69, 9.17) is 4.42 Å². The Balaban J connectivity index is 1.50. The van der Waals surface area contributed by atoms with Gasteiger partial charge in [-0.25, -0.2) is 9.80 Å². The number of likely N-dealkylation sites (N-methyl/N-ethyl adjacent to an activating group) is 1. The van der Waals surface area contributed by atoms with E-state index in [2.05, 4.69) is 12.5 Å². The summed E-state index contributed by atoms with van der Waals surface area (Å²) in [7, 11) is 2.16. The van der Waals surface area contributed by atoms with E-state index in [1.807, 2.05) is 23.2 Å². The molecule has 1 fully saturated rings. The summed E-state index contributed by atoms with van der Waals surface area (Å²) in [5.74, 6) is -0.362. The molecule has 2 N–H and O–H groups in total. The fourth-order valence-corrected chi connectivity index (χ4v) is 2.86. The Morgan fingerprint density at radius 1 is 1.30 bits per heavy atom. The molecule has 0 saturated carbocycles. The Labute approximate surface area is 134 Å². The van der Waals surface area contributed by atoms with Crippen LogP contribution in [0.2, 0.25) is 0 Å². The predicted molar refractivity (Wildman–Crippen MR) is 86.0 cm³/mol. The number of nitrogens with one attached hydrogen (secondary N) is 2. The summed E-state index contributed by atoms with van der Waals surface area (Å²) in [5, 5.41) is 1.98. The van der Waals surface area contributed by atoms with Crippen LogP contribution in [0.3, 0.4) is 0 Å². The summed E-state index contributed by atoms with van der Waals surface area (Å²) in [5.41, 5.74) is 4.30. The van der Waals surface area contributed by atoms with E-state index in [-0.39, 0.29) is 11.7 Å². The average Bonchev–Trinajstić information content (AvgIpc) is 2.86. The lowest BCUT2D eigenvalue weighted by atomic mass is 10.3. The Kier molecular flexibility index (Phi) is 4.78. The molecule has 0 aliphatic carbocycles. The van der Waals surface area contributed by atoms with Gasteiger partial charge in [0, 0.05) is 13.0 Å². The summed E-state index contributed by atoms with van der Waals surface area (Å²) in [6.45, 7) is 4.32. The van der Waals surface area contributed by atoms with Gasteiger partial charge in [-0.05, 0) is 18.6 Å². The van der Waals surface area contributed by atoms with Crippen LogP contribution in [0, 0.1) is 0 Å². The number of rotatable bonds is 5. The summed E-state index contributed by atoms with van der Waals surface area (Å²) in [4.78, 5) is 25.3. The minimum absolute atomic E-state index is 0.00500. The largest absolute Gasteiger partial charge is 0.419 e. The number of aromatic nitrogens is 1. The second-order valence-corrected chi connectivity index (χ2v) is 6.07. The predicted octanol–water partition coefficient (Wildman–Crippen LogP) is -0.764. The molecule has 0 radical (unpaired) electrons. The van der Waals surface area contributed by atoms with Gasteiger partial charge in [0.05, 0.1) is 38.7 Å². The Bertz CT molecular complexity index is 728.